The highest BCUT2D eigenvalue weighted by Crippen LogP contribution is 2.32. The maximum absolute atomic E-state index is 11.2. The number of hydrogen-bond acceptors (Lipinski definition) is 4. The largest absolute Gasteiger partial charge is 0.377 e. The monoisotopic (exact) mass is 291 g/mol. The maximum atomic E-state index is 11.2. The first-order valence-corrected chi connectivity index (χ1v) is 7.36. The van der Waals surface area contributed by atoms with Gasteiger partial charge in [-0.15, -0.1) is 0 Å². The molecule has 114 valence electrons. The van der Waals surface area contributed by atoms with Crippen LogP contribution in [0.5, 0.6) is 0 Å². The second kappa shape index (κ2) is 6.56. The Balaban J connectivity index is 2.22. The van der Waals surface area contributed by atoms with Crippen LogP contribution >= 0.6 is 0 Å². The number of anilines is 1. The Bertz CT molecular complexity index is 545. The second-order valence-electron chi connectivity index (χ2n) is 5.64. The number of hydrogen-bond donors (Lipinski definition) is 2. The van der Waals surface area contributed by atoms with Crippen LogP contribution in [0.3, 0.4) is 0 Å². The standard InChI is InChI=1S/C15H21N3O3/c1-2-10-4-3-5-12(8-10)17-13-9-11(15(16)19)6-7-14(13)18(20)21/h6-7,9-10,12,17H,2-5,8H2,1H3,(H2,16,19). The first kappa shape index (κ1) is 15.3. The highest BCUT2D eigenvalue weighted by molar-refractivity contribution is 5.94. The number of benzene rings is 1. The molecule has 1 fully saturated rings. The zero-order valence-electron chi connectivity index (χ0n) is 12.2. The molecule has 1 aromatic rings. The molecule has 1 saturated carbocycles. The number of carbonyl (C=O) groups excluding carboxylic acids is 1. The van der Waals surface area contributed by atoms with Crippen molar-refractivity contribution in [1.82, 2.24) is 0 Å². The van der Waals surface area contributed by atoms with Crippen LogP contribution in [0.1, 0.15) is 49.4 Å². The summed E-state index contributed by atoms with van der Waals surface area (Å²) < 4.78 is 0. The SMILES string of the molecule is CCC1CCCC(Nc2cc(C(N)=O)ccc2[N+](=O)[O-])C1. The molecule has 6 heteroatoms. The van der Waals surface area contributed by atoms with Gasteiger partial charge in [-0.2, -0.15) is 0 Å². The van der Waals surface area contributed by atoms with E-state index < -0.39 is 10.8 Å². The Hall–Kier alpha value is -2.11. The van der Waals surface area contributed by atoms with Crippen LogP contribution in [-0.4, -0.2) is 16.9 Å². The molecule has 0 spiro atoms. The lowest BCUT2D eigenvalue weighted by molar-refractivity contribution is -0.384. The number of rotatable bonds is 5. The number of nitro benzene ring substituents is 1. The molecule has 0 bridgehead atoms. The topological polar surface area (TPSA) is 98.3 Å². The Morgan fingerprint density at radius 3 is 2.86 bits per heavy atom. The summed E-state index contributed by atoms with van der Waals surface area (Å²) in [6.07, 6.45) is 5.47. The van der Waals surface area contributed by atoms with Crippen LogP contribution in [-0.2, 0) is 0 Å². The molecular weight excluding hydrogens is 270 g/mol. The minimum Gasteiger partial charge on any atom is -0.377 e. The Morgan fingerprint density at radius 1 is 1.48 bits per heavy atom. The van der Waals surface area contributed by atoms with Crippen molar-refractivity contribution in [2.75, 3.05) is 5.32 Å². The Morgan fingerprint density at radius 2 is 2.24 bits per heavy atom. The fourth-order valence-corrected chi connectivity index (χ4v) is 2.98. The molecule has 0 radical (unpaired) electrons. The number of amides is 1. The van der Waals surface area contributed by atoms with E-state index in [1.807, 2.05) is 0 Å². The molecule has 0 saturated heterocycles. The molecular formula is C15H21N3O3. The van der Waals surface area contributed by atoms with Crippen LogP contribution in [0.4, 0.5) is 11.4 Å². The Labute approximate surface area is 123 Å². The van der Waals surface area contributed by atoms with E-state index in [-0.39, 0.29) is 17.3 Å². The van der Waals surface area contributed by atoms with E-state index >= 15 is 0 Å². The fourth-order valence-electron chi connectivity index (χ4n) is 2.98. The van der Waals surface area contributed by atoms with E-state index in [0.717, 1.165) is 25.7 Å². The smallest absolute Gasteiger partial charge is 0.292 e. The number of primary amides is 1. The van der Waals surface area contributed by atoms with Gasteiger partial charge in [0.05, 0.1) is 4.92 Å². The van der Waals surface area contributed by atoms with Gasteiger partial charge < -0.3 is 11.1 Å². The quantitative estimate of drug-likeness (QED) is 0.643. The predicted molar refractivity (Wildman–Crippen MR) is 81.3 cm³/mol. The van der Waals surface area contributed by atoms with Crippen molar-refractivity contribution in [2.45, 2.75) is 45.1 Å². The molecule has 2 atom stereocenters. The second-order valence-corrected chi connectivity index (χ2v) is 5.64. The van der Waals surface area contributed by atoms with Gasteiger partial charge in [0, 0.05) is 17.7 Å². The van der Waals surface area contributed by atoms with Gasteiger partial charge in [-0.05, 0) is 30.9 Å². The van der Waals surface area contributed by atoms with Crippen molar-refractivity contribution in [3.05, 3.63) is 33.9 Å². The summed E-state index contributed by atoms with van der Waals surface area (Å²) in [6.45, 7) is 2.17. The fraction of sp³-hybridized carbons (Fsp3) is 0.533. The molecule has 6 nitrogen and oxygen atoms in total. The van der Waals surface area contributed by atoms with E-state index in [0.29, 0.717) is 11.6 Å². The number of nitrogens with one attached hydrogen (secondary N) is 1. The molecule has 1 amide bonds. The molecule has 1 aromatic carbocycles. The lowest BCUT2D eigenvalue weighted by Crippen LogP contribution is -2.27. The summed E-state index contributed by atoms with van der Waals surface area (Å²) >= 11 is 0. The lowest BCUT2D eigenvalue weighted by Gasteiger charge is -2.29. The summed E-state index contributed by atoms with van der Waals surface area (Å²) in [5.41, 5.74) is 5.90. The summed E-state index contributed by atoms with van der Waals surface area (Å²) in [4.78, 5) is 21.9. The van der Waals surface area contributed by atoms with Crippen molar-refractivity contribution >= 4 is 17.3 Å². The van der Waals surface area contributed by atoms with Crippen molar-refractivity contribution < 1.29 is 9.72 Å². The highest BCUT2D eigenvalue weighted by Gasteiger charge is 2.24. The van der Waals surface area contributed by atoms with Crippen LogP contribution in [0.25, 0.3) is 0 Å². The third-order valence-electron chi connectivity index (χ3n) is 4.20. The molecule has 2 rings (SSSR count). The van der Waals surface area contributed by atoms with Gasteiger partial charge in [0.25, 0.3) is 5.69 Å². The molecule has 21 heavy (non-hydrogen) atoms. The molecule has 0 aromatic heterocycles. The van der Waals surface area contributed by atoms with Crippen LogP contribution in [0.2, 0.25) is 0 Å². The van der Waals surface area contributed by atoms with Gasteiger partial charge in [0.2, 0.25) is 5.91 Å². The summed E-state index contributed by atoms with van der Waals surface area (Å²) in [6, 6.07) is 4.42. The van der Waals surface area contributed by atoms with Crippen molar-refractivity contribution in [3.63, 3.8) is 0 Å². The van der Waals surface area contributed by atoms with Gasteiger partial charge in [0.1, 0.15) is 5.69 Å². The highest BCUT2D eigenvalue weighted by atomic mass is 16.6. The van der Waals surface area contributed by atoms with Crippen molar-refractivity contribution in [2.24, 2.45) is 11.7 Å². The molecule has 1 aliphatic rings. The van der Waals surface area contributed by atoms with Crippen LogP contribution in [0, 0.1) is 16.0 Å². The van der Waals surface area contributed by atoms with Crippen molar-refractivity contribution in [1.29, 1.82) is 0 Å². The number of nitrogens with two attached hydrogens (primary N) is 1. The van der Waals surface area contributed by atoms with E-state index in [9.17, 15) is 14.9 Å². The minimum atomic E-state index is -0.581. The van der Waals surface area contributed by atoms with Crippen molar-refractivity contribution in [3.8, 4) is 0 Å². The Kier molecular flexibility index (Phi) is 4.77. The summed E-state index contributed by atoms with van der Waals surface area (Å²) in [5.74, 6) is 0.0812. The van der Waals surface area contributed by atoms with Gasteiger partial charge in [0.15, 0.2) is 0 Å². The number of nitrogens with zero attached hydrogens (tertiary/aromatic N) is 1. The van der Waals surface area contributed by atoms with E-state index in [2.05, 4.69) is 12.2 Å². The van der Waals surface area contributed by atoms with Crippen LogP contribution in [0.15, 0.2) is 18.2 Å². The zero-order valence-corrected chi connectivity index (χ0v) is 12.2. The first-order valence-electron chi connectivity index (χ1n) is 7.36. The minimum absolute atomic E-state index is 0.0152. The zero-order chi connectivity index (χ0) is 15.4. The van der Waals surface area contributed by atoms with Gasteiger partial charge in [-0.3, -0.25) is 14.9 Å². The average Bonchev–Trinajstić information content (AvgIpc) is 2.47. The molecule has 1 aliphatic carbocycles. The van der Waals surface area contributed by atoms with E-state index in [4.69, 9.17) is 5.73 Å². The lowest BCUT2D eigenvalue weighted by atomic mass is 9.84. The van der Waals surface area contributed by atoms with Crippen LogP contribution < -0.4 is 11.1 Å². The number of nitro groups is 1. The molecule has 0 heterocycles. The molecule has 0 aliphatic heterocycles. The first-order chi connectivity index (χ1) is 10.0. The number of carbonyl (C=O) groups is 1. The summed E-state index contributed by atoms with van der Waals surface area (Å²) in [7, 11) is 0. The van der Waals surface area contributed by atoms with Gasteiger partial charge in [-0.1, -0.05) is 26.2 Å². The third kappa shape index (κ3) is 3.71. The van der Waals surface area contributed by atoms with E-state index in [1.165, 1.54) is 24.6 Å². The van der Waals surface area contributed by atoms with E-state index in [1.54, 1.807) is 0 Å². The summed E-state index contributed by atoms with van der Waals surface area (Å²) in [5, 5.41) is 14.4. The van der Waals surface area contributed by atoms with Gasteiger partial charge in [-0.25, -0.2) is 0 Å². The maximum Gasteiger partial charge on any atom is 0.292 e. The normalized spacial score (nSPS) is 21.8. The molecule has 3 N–H and O–H groups in total. The third-order valence-corrected chi connectivity index (χ3v) is 4.20. The molecule has 2 unspecified atom stereocenters. The average molecular weight is 291 g/mol. The van der Waals surface area contributed by atoms with Gasteiger partial charge >= 0.3 is 0 Å². The predicted octanol–water partition coefficient (Wildman–Crippen LogP) is 3.07.